The maximum absolute atomic E-state index is 5.48. The molecule has 124 valence electrons. The van der Waals surface area contributed by atoms with Crippen LogP contribution in [-0.4, -0.2) is 33.8 Å². The van der Waals surface area contributed by atoms with Gasteiger partial charge in [0.05, 0.1) is 11.4 Å². The van der Waals surface area contributed by atoms with Gasteiger partial charge in [-0.15, -0.1) is 0 Å². The van der Waals surface area contributed by atoms with Crippen LogP contribution in [0.25, 0.3) is 0 Å². The van der Waals surface area contributed by atoms with E-state index in [0.29, 0.717) is 11.0 Å². The van der Waals surface area contributed by atoms with E-state index in [9.17, 15) is 0 Å². The zero-order valence-electron chi connectivity index (χ0n) is 13.9. The molecule has 1 aromatic carbocycles. The lowest BCUT2D eigenvalue weighted by Crippen LogP contribution is -2.42. The van der Waals surface area contributed by atoms with Crippen molar-refractivity contribution in [2.45, 2.75) is 25.7 Å². The summed E-state index contributed by atoms with van der Waals surface area (Å²) in [7, 11) is 0. The van der Waals surface area contributed by atoms with Crippen molar-refractivity contribution in [2.24, 2.45) is 5.10 Å². The summed E-state index contributed by atoms with van der Waals surface area (Å²) in [6.07, 6.45) is 4.00. The molecule has 3 rings (SSSR count). The summed E-state index contributed by atoms with van der Waals surface area (Å²) in [4.78, 5) is 6.48. The number of likely N-dealkylation sites (tertiary alicyclic amines) is 1. The fraction of sp³-hybridized carbons (Fsp3) is 0.316. The first-order chi connectivity index (χ1) is 11.7. The van der Waals surface area contributed by atoms with Crippen LogP contribution >= 0.6 is 12.2 Å². The second kappa shape index (κ2) is 8.02. The molecule has 24 heavy (non-hydrogen) atoms. The van der Waals surface area contributed by atoms with E-state index in [4.69, 9.17) is 12.2 Å². The molecule has 1 aliphatic rings. The minimum atomic E-state index is 0.629. The first-order valence-corrected chi connectivity index (χ1v) is 8.70. The molecule has 0 saturated carbocycles. The number of piperidine rings is 1. The molecular formula is C19H22N4S. The van der Waals surface area contributed by atoms with Crippen molar-refractivity contribution in [3.8, 4) is 0 Å². The average molecular weight is 338 g/mol. The molecule has 2 aromatic rings. The van der Waals surface area contributed by atoms with Crippen LogP contribution < -0.4 is 5.43 Å². The quantitative estimate of drug-likeness (QED) is 0.528. The fourth-order valence-electron chi connectivity index (χ4n) is 2.98. The van der Waals surface area contributed by atoms with Gasteiger partial charge in [0.25, 0.3) is 0 Å². The Morgan fingerprint density at radius 1 is 1.12 bits per heavy atom. The average Bonchev–Trinajstić information content (AvgIpc) is 2.67. The summed E-state index contributed by atoms with van der Waals surface area (Å²) >= 11 is 5.48. The Hall–Kier alpha value is -2.27. The monoisotopic (exact) mass is 338 g/mol. The highest BCUT2D eigenvalue weighted by molar-refractivity contribution is 7.80. The van der Waals surface area contributed by atoms with E-state index in [1.165, 1.54) is 5.56 Å². The Labute approximate surface area is 148 Å². The molecule has 1 aliphatic heterocycles. The number of aromatic nitrogens is 1. The Kier molecular flexibility index (Phi) is 5.54. The van der Waals surface area contributed by atoms with E-state index in [0.717, 1.165) is 37.3 Å². The molecule has 0 unspecified atom stereocenters. The molecule has 0 spiro atoms. The van der Waals surface area contributed by atoms with Gasteiger partial charge >= 0.3 is 0 Å². The molecule has 0 amide bonds. The molecule has 1 N–H and O–H groups in total. The minimum Gasteiger partial charge on any atom is -0.348 e. The lowest BCUT2D eigenvalue weighted by Gasteiger charge is -2.33. The Balaban J connectivity index is 1.52. The van der Waals surface area contributed by atoms with Gasteiger partial charge in [-0.2, -0.15) is 5.10 Å². The normalized spacial score (nSPS) is 16.0. The number of nitrogens with zero attached hydrogens (tertiary/aromatic N) is 3. The number of benzene rings is 1. The molecule has 1 saturated heterocycles. The predicted octanol–water partition coefficient (Wildman–Crippen LogP) is 3.56. The second-order valence-corrected chi connectivity index (χ2v) is 6.39. The van der Waals surface area contributed by atoms with Gasteiger partial charge < -0.3 is 4.90 Å². The molecular weight excluding hydrogens is 316 g/mol. The van der Waals surface area contributed by atoms with Crippen LogP contribution in [-0.2, 0) is 0 Å². The molecule has 5 heteroatoms. The van der Waals surface area contributed by atoms with Crippen molar-refractivity contribution < 1.29 is 0 Å². The number of hydrogen-bond donors (Lipinski definition) is 1. The lowest BCUT2D eigenvalue weighted by molar-refractivity contribution is 0.310. The summed E-state index contributed by atoms with van der Waals surface area (Å²) in [5.41, 5.74) is 6.13. The van der Waals surface area contributed by atoms with E-state index in [1.54, 1.807) is 6.20 Å². The van der Waals surface area contributed by atoms with Crippen LogP contribution in [0.2, 0.25) is 0 Å². The van der Waals surface area contributed by atoms with E-state index in [2.05, 4.69) is 50.7 Å². The molecule has 0 aliphatic carbocycles. The number of hydrogen-bond acceptors (Lipinski definition) is 3. The van der Waals surface area contributed by atoms with Crippen molar-refractivity contribution >= 4 is 23.0 Å². The van der Waals surface area contributed by atoms with Crippen molar-refractivity contribution in [2.75, 3.05) is 13.1 Å². The summed E-state index contributed by atoms with van der Waals surface area (Å²) in [6.45, 7) is 3.85. The highest BCUT2D eigenvalue weighted by atomic mass is 32.1. The summed E-state index contributed by atoms with van der Waals surface area (Å²) < 4.78 is 0. The van der Waals surface area contributed by atoms with Gasteiger partial charge in [0.1, 0.15) is 0 Å². The number of rotatable bonds is 3. The van der Waals surface area contributed by atoms with Crippen LogP contribution in [0.3, 0.4) is 0 Å². The van der Waals surface area contributed by atoms with E-state index in [1.807, 2.05) is 25.1 Å². The van der Waals surface area contributed by atoms with E-state index < -0.39 is 0 Å². The highest BCUT2D eigenvalue weighted by Crippen LogP contribution is 2.27. The van der Waals surface area contributed by atoms with Gasteiger partial charge in [-0.05, 0) is 55.6 Å². The van der Waals surface area contributed by atoms with Crippen molar-refractivity contribution in [1.82, 2.24) is 15.3 Å². The van der Waals surface area contributed by atoms with E-state index >= 15 is 0 Å². The Morgan fingerprint density at radius 3 is 2.50 bits per heavy atom. The van der Waals surface area contributed by atoms with Crippen molar-refractivity contribution in [3.63, 3.8) is 0 Å². The molecule has 0 radical (unpaired) electrons. The number of thiocarbonyl (C=S) groups is 1. The molecule has 4 nitrogen and oxygen atoms in total. The van der Waals surface area contributed by atoms with Crippen molar-refractivity contribution in [3.05, 3.63) is 66.0 Å². The third-order valence-corrected chi connectivity index (χ3v) is 4.76. The van der Waals surface area contributed by atoms with Gasteiger partial charge in [0, 0.05) is 19.3 Å². The van der Waals surface area contributed by atoms with Crippen LogP contribution in [0.15, 0.2) is 59.8 Å². The maximum atomic E-state index is 5.48. The molecule has 0 atom stereocenters. The number of nitrogens with one attached hydrogen (secondary N) is 1. The summed E-state index contributed by atoms with van der Waals surface area (Å²) in [5.74, 6) is 0.629. The lowest BCUT2D eigenvalue weighted by atomic mass is 9.90. The van der Waals surface area contributed by atoms with E-state index in [-0.39, 0.29) is 0 Å². The minimum absolute atomic E-state index is 0.629. The predicted molar refractivity (Wildman–Crippen MR) is 102 cm³/mol. The largest absolute Gasteiger partial charge is 0.348 e. The fourth-order valence-corrected chi connectivity index (χ4v) is 3.21. The smallest absolute Gasteiger partial charge is 0.189 e. The van der Waals surface area contributed by atoms with Crippen LogP contribution in [0, 0.1) is 0 Å². The molecule has 0 bridgehead atoms. The zero-order chi connectivity index (χ0) is 16.8. The van der Waals surface area contributed by atoms with Gasteiger partial charge in [0.15, 0.2) is 5.11 Å². The van der Waals surface area contributed by atoms with Gasteiger partial charge in [0.2, 0.25) is 0 Å². The summed E-state index contributed by atoms with van der Waals surface area (Å²) in [5, 5.41) is 5.06. The van der Waals surface area contributed by atoms with Crippen molar-refractivity contribution in [1.29, 1.82) is 0 Å². The highest BCUT2D eigenvalue weighted by Gasteiger charge is 2.21. The van der Waals surface area contributed by atoms with Crippen LogP contribution in [0.1, 0.15) is 36.9 Å². The van der Waals surface area contributed by atoms with Crippen LogP contribution in [0.5, 0.6) is 0 Å². The Bertz CT molecular complexity index is 692. The Morgan fingerprint density at radius 2 is 1.83 bits per heavy atom. The summed E-state index contributed by atoms with van der Waals surface area (Å²) in [6, 6.07) is 16.5. The number of pyridine rings is 1. The van der Waals surface area contributed by atoms with Gasteiger partial charge in [-0.25, -0.2) is 0 Å². The zero-order valence-corrected chi connectivity index (χ0v) is 14.7. The molecule has 1 aromatic heterocycles. The van der Waals surface area contributed by atoms with Crippen LogP contribution in [0.4, 0.5) is 0 Å². The topological polar surface area (TPSA) is 40.5 Å². The first kappa shape index (κ1) is 16.6. The maximum Gasteiger partial charge on any atom is 0.189 e. The molecule has 2 heterocycles. The molecule has 1 fully saturated rings. The second-order valence-electron chi connectivity index (χ2n) is 6.00. The number of hydrazone groups is 1. The third kappa shape index (κ3) is 4.17. The standard InChI is InChI=1S/C19H22N4S/c1-15(18-9-5-6-12-20-18)21-22-19(24)23-13-10-17(11-14-23)16-7-3-2-4-8-16/h2-9,12,17H,10-11,13-14H2,1H3,(H,22,24)/b21-15+. The third-order valence-electron chi connectivity index (χ3n) is 4.41. The van der Waals surface area contributed by atoms with Gasteiger partial charge in [-0.3, -0.25) is 10.4 Å². The van der Waals surface area contributed by atoms with Gasteiger partial charge in [-0.1, -0.05) is 36.4 Å². The SMILES string of the molecule is C/C(=N\NC(=S)N1CCC(c2ccccc2)CC1)c1ccccn1. The first-order valence-electron chi connectivity index (χ1n) is 8.29.